The minimum absolute atomic E-state index is 0.0137. The Morgan fingerprint density at radius 2 is 1.76 bits per heavy atom. The number of anilines is 2. The van der Waals surface area contributed by atoms with E-state index in [1.807, 2.05) is 30.3 Å². The standard InChI is InChI=1S/C29H30N6O6/c1-3-24(37)35-15-7-8-21(16-35)33-27-25(28(32-17-31-27)34-29(38)40-18-39-19(2)36)26(30)20-11-13-23(14-12-20)41-22-9-5-4-6-10-22/h3-6,9-14,17,21,30H,1,7-8,15-16,18H2,2H3,(H2,31,32,33,34,38). The van der Waals surface area contributed by atoms with Crippen LogP contribution in [0, 0.1) is 5.41 Å². The van der Waals surface area contributed by atoms with E-state index in [-0.39, 0.29) is 29.0 Å². The number of esters is 1. The van der Waals surface area contributed by atoms with Crippen molar-refractivity contribution >= 4 is 35.3 Å². The van der Waals surface area contributed by atoms with Crippen LogP contribution >= 0.6 is 0 Å². The molecule has 2 heterocycles. The molecule has 1 aromatic heterocycles. The molecule has 3 N–H and O–H groups in total. The number of aromatic nitrogens is 2. The van der Waals surface area contributed by atoms with E-state index in [1.165, 1.54) is 19.3 Å². The van der Waals surface area contributed by atoms with Gasteiger partial charge in [0, 0.05) is 31.6 Å². The summed E-state index contributed by atoms with van der Waals surface area (Å²) in [7, 11) is 0. The van der Waals surface area contributed by atoms with Gasteiger partial charge in [-0.3, -0.25) is 20.3 Å². The molecule has 41 heavy (non-hydrogen) atoms. The van der Waals surface area contributed by atoms with Gasteiger partial charge < -0.3 is 24.4 Å². The predicted octanol–water partition coefficient (Wildman–Crippen LogP) is 4.34. The van der Waals surface area contributed by atoms with Crippen molar-refractivity contribution in [1.82, 2.24) is 14.9 Å². The van der Waals surface area contributed by atoms with E-state index < -0.39 is 18.9 Å². The SMILES string of the molecule is C=CC(=O)N1CCCC(Nc2ncnc(NC(=O)OCOC(C)=O)c2C(=N)c2ccc(Oc3ccccc3)cc2)C1. The number of likely N-dealkylation sites (tertiary alicyclic amines) is 1. The van der Waals surface area contributed by atoms with Crippen LogP contribution in [0.25, 0.3) is 0 Å². The number of piperidine rings is 1. The number of para-hydroxylation sites is 1. The first-order chi connectivity index (χ1) is 19.8. The Morgan fingerprint density at radius 1 is 1.05 bits per heavy atom. The molecule has 1 aliphatic heterocycles. The fourth-order valence-corrected chi connectivity index (χ4v) is 4.20. The summed E-state index contributed by atoms with van der Waals surface area (Å²) in [5.41, 5.74) is 0.733. The zero-order valence-corrected chi connectivity index (χ0v) is 22.5. The number of rotatable bonds is 10. The maximum Gasteiger partial charge on any atom is 0.415 e. The minimum Gasteiger partial charge on any atom is -0.457 e. The zero-order chi connectivity index (χ0) is 29.2. The summed E-state index contributed by atoms with van der Waals surface area (Å²) in [5, 5.41) is 14.9. The molecule has 1 saturated heterocycles. The Morgan fingerprint density at radius 3 is 2.46 bits per heavy atom. The Hall–Kier alpha value is -5.26. The summed E-state index contributed by atoms with van der Waals surface area (Å²) in [6, 6.07) is 16.0. The molecule has 1 fully saturated rings. The number of benzene rings is 2. The topological polar surface area (TPSA) is 156 Å². The van der Waals surface area contributed by atoms with Crippen LogP contribution in [0.1, 0.15) is 30.9 Å². The lowest BCUT2D eigenvalue weighted by atomic mass is 10.0. The van der Waals surface area contributed by atoms with Gasteiger partial charge in [0.25, 0.3) is 0 Å². The maximum absolute atomic E-state index is 12.4. The summed E-state index contributed by atoms with van der Waals surface area (Å²) in [6.07, 6.45) is 3.12. The molecule has 1 atom stereocenters. The number of carbonyl (C=O) groups is 3. The normalized spacial score (nSPS) is 14.4. The van der Waals surface area contributed by atoms with Crippen LogP contribution in [0.4, 0.5) is 16.4 Å². The van der Waals surface area contributed by atoms with Crippen molar-refractivity contribution in [2.45, 2.75) is 25.8 Å². The van der Waals surface area contributed by atoms with Gasteiger partial charge in [0.2, 0.25) is 12.7 Å². The monoisotopic (exact) mass is 558 g/mol. The first-order valence-electron chi connectivity index (χ1n) is 12.9. The number of carbonyl (C=O) groups excluding carboxylic acids is 3. The van der Waals surface area contributed by atoms with Crippen LogP contribution in [-0.2, 0) is 19.1 Å². The number of amides is 2. The second-order valence-corrected chi connectivity index (χ2v) is 9.04. The largest absolute Gasteiger partial charge is 0.457 e. The first kappa shape index (κ1) is 28.7. The molecule has 12 heteroatoms. The van der Waals surface area contributed by atoms with E-state index in [0.29, 0.717) is 36.0 Å². The minimum atomic E-state index is -0.933. The van der Waals surface area contributed by atoms with Crippen LogP contribution < -0.4 is 15.4 Å². The fraction of sp³-hybridized carbons (Fsp3) is 0.241. The van der Waals surface area contributed by atoms with Crippen molar-refractivity contribution in [2.24, 2.45) is 0 Å². The molecular formula is C29H30N6O6. The molecule has 0 saturated carbocycles. The zero-order valence-electron chi connectivity index (χ0n) is 22.5. The lowest BCUT2D eigenvalue weighted by Gasteiger charge is -2.33. The van der Waals surface area contributed by atoms with Gasteiger partial charge in [-0.15, -0.1) is 0 Å². The highest BCUT2D eigenvalue weighted by molar-refractivity contribution is 6.17. The molecule has 0 spiro atoms. The molecule has 212 valence electrons. The molecule has 2 aromatic carbocycles. The maximum atomic E-state index is 12.4. The highest BCUT2D eigenvalue weighted by atomic mass is 16.7. The highest BCUT2D eigenvalue weighted by Crippen LogP contribution is 2.28. The summed E-state index contributed by atoms with van der Waals surface area (Å²) in [6.45, 7) is 5.21. The molecule has 3 aromatic rings. The fourth-order valence-electron chi connectivity index (χ4n) is 4.20. The quantitative estimate of drug-likeness (QED) is 0.143. The van der Waals surface area contributed by atoms with Crippen LogP contribution in [-0.4, -0.2) is 64.5 Å². The van der Waals surface area contributed by atoms with Gasteiger partial charge in [-0.25, -0.2) is 14.8 Å². The first-order valence-corrected chi connectivity index (χ1v) is 12.9. The van der Waals surface area contributed by atoms with Gasteiger partial charge in [-0.1, -0.05) is 24.8 Å². The third-order valence-corrected chi connectivity index (χ3v) is 6.14. The molecule has 1 unspecified atom stereocenters. The summed E-state index contributed by atoms with van der Waals surface area (Å²) in [5.74, 6) is 0.792. The third kappa shape index (κ3) is 7.88. The molecule has 4 rings (SSSR count). The summed E-state index contributed by atoms with van der Waals surface area (Å²) < 4.78 is 15.4. The molecule has 0 aliphatic carbocycles. The average Bonchev–Trinajstić information content (AvgIpc) is 2.97. The number of ether oxygens (including phenoxy) is 3. The van der Waals surface area contributed by atoms with Crippen molar-refractivity contribution in [3.8, 4) is 11.5 Å². The van der Waals surface area contributed by atoms with Crippen LogP contribution in [0.2, 0.25) is 0 Å². The molecule has 0 radical (unpaired) electrons. The van der Waals surface area contributed by atoms with Crippen molar-refractivity contribution in [1.29, 1.82) is 5.41 Å². The van der Waals surface area contributed by atoms with Crippen molar-refractivity contribution in [3.05, 3.63) is 84.7 Å². The number of nitrogens with one attached hydrogen (secondary N) is 3. The van der Waals surface area contributed by atoms with Crippen LogP contribution in [0.15, 0.2) is 73.6 Å². The van der Waals surface area contributed by atoms with E-state index in [9.17, 15) is 14.4 Å². The molecule has 12 nitrogen and oxygen atoms in total. The van der Waals surface area contributed by atoms with Gasteiger partial charge in [0.1, 0.15) is 29.5 Å². The molecular weight excluding hydrogens is 528 g/mol. The number of nitrogens with zero attached hydrogens (tertiary/aromatic N) is 3. The van der Waals surface area contributed by atoms with Gasteiger partial charge in [0.05, 0.1) is 11.3 Å². The van der Waals surface area contributed by atoms with E-state index in [4.69, 9.17) is 14.9 Å². The average molecular weight is 559 g/mol. The predicted molar refractivity (Wildman–Crippen MR) is 151 cm³/mol. The number of hydrogen-bond donors (Lipinski definition) is 3. The highest BCUT2D eigenvalue weighted by Gasteiger charge is 2.26. The Bertz CT molecular complexity index is 1410. The molecule has 1 aliphatic rings. The van der Waals surface area contributed by atoms with Crippen molar-refractivity contribution in [2.75, 3.05) is 30.5 Å². The summed E-state index contributed by atoms with van der Waals surface area (Å²) in [4.78, 5) is 45.9. The number of hydrogen-bond acceptors (Lipinski definition) is 10. The van der Waals surface area contributed by atoms with Crippen molar-refractivity contribution in [3.63, 3.8) is 0 Å². The van der Waals surface area contributed by atoms with E-state index in [2.05, 4.69) is 31.9 Å². The second kappa shape index (κ2) is 13.7. The Kier molecular flexibility index (Phi) is 9.60. The summed E-state index contributed by atoms with van der Waals surface area (Å²) >= 11 is 0. The lowest BCUT2D eigenvalue weighted by Crippen LogP contribution is -2.44. The van der Waals surface area contributed by atoms with E-state index in [1.54, 1.807) is 29.2 Å². The van der Waals surface area contributed by atoms with Gasteiger partial charge >= 0.3 is 12.1 Å². The van der Waals surface area contributed by atoms with Crippen LogP contribution in [0.3, 0.4) is 0 Å². The van der Waals surface area contributed by atoms with Gasteiger partial charge in [-0.05, 0) is 55.3 Å². The van der Waals surface area contributed by atoms with Gasteiger partial charge in [0.15, 0.2) is 0 Å². The second-order valence-electron chi connectivity index (χ2n) is 9.04. The third-order valence-electron chi connectivity index (χ3n) is 6.14. The molecule has 0 bridgehead atoms. The smallest absolute Gasteiger partial charge is 0.415 e. The Labute approximate surface area is 236 Å². The van der Waals surface area contributed by atoms with Crippen molar-refractivity contribution < 1.29 is 28.6 Å². The lowest BCUT2D eigenvalue weighted by molar-refractivity contribution is -0.148. The van der Waals surface area contributed by atoms with Gasteiger partial charge in [-0.2, -0.15) is 0 Å². The Balaban J connectivity index is 1.60. The van der Waals surface area contributed by atoms with Crippen LogP contribution in [0.5, 0.6) is 11.5 Å². The molecule has 2 amide bonds. The van der Waals surface area contributed by atoms with E-state index >= 15 is 0 Å². The van der Waals surface area contributed by atoms with E-state index in [0.717, 1.165) is 12.8 Å².